The largest absolute Gasteiger partial charge is 0.481 e. The van der Waals surface area contributed by atoms with Gasteiger partial charge in [0.15, 0.2) is 0 Å². The average Bonchev–Trinajstić information content (AvgIpc) is 2.49. The number of aliphatic carboxylic acids is 1. The van der Waals surface area contributed by atoms with Crippen molar-refractivity contribution >= 4 is 17.6 Å². The Hall–Kier alpha value is -1.85. The summed E-state index contributed by atoms with van der Waals surface area (Å²) < 4.78 is 1.55. The van der Waals surface area contributed by atoms with E-state index in [0.717, 1.165) is 0 Å². The molecule has 0 fully saturated rings. The fraction of sp³-hybridized carbons (Fsp3) is 0.500. The number of nitrogens with zero attached hydrogens (tertiary/aromatic N) is 2. The van der Waals surface area contributed by atoms with Gasteiger partial charge >= 0.3 is 5.97 Å². The highest BCUT2D eigenvalue weighted by molar-refractivity contribution is 5.93. The number of carboxylic acids is 1. The molecule has 1 aromatic rings. The van der Waals surface area contributed by atoms with Crippen LogP contribution in [0.1, 0.15) is 20.3 Å². The zero-order valence-corrected chi connectivity index (χ0v) is 9.52. The molecule has 0 aromatic carbocycles. The van der Waals surface area contributed by atoms with E-state index in [1.54, 1.807) is 17.9 Å². The molecule has 88 valence electrons. The molecule has 0 aliphatic rings. The third-order valence-electron chi connectivity index (χ3n) is 2.17. The maximum atomic E-state index is 11.5. The van der Waals surface area contributed by atoms with Crippen molar-refractivity contribution in [1.82, 2.24) is 9.78 Å². The monoisotopic (exact) mass is 225 g/mol. The second kappa shape index (κ2) is 4.34. The van der Waals surface area contributed by atoms with Gasteiger partial charge in [-0.2, -0.15) is 5.10 Å². The Bertz CT molecular complexity index is 409. The third kappa shape index (κ3) is 3.08. The first kappa shape index (κ1) is 12.2. The van der Waals surface area contributed by atoms with Crippen molar-refractivity contribution in [3.8, 4) is 0 Å². The first-order valence-corrected chi connectivity index (χ1v) is 4.83. The summed E-state index contributed by atoms with van der Waals surface area (Å²) in [6.45, 7) is 3.02. The highest BCUT2D eigenvalue weighted by Crippen LogP contribution is 2.21. The Morgan fingerprint density at radius 1 is 1.56 bits per heavy atom. The molecule has 1 amide bonds. The van der Waals surface area contributed by atoms with Crippen LogP contribution in [-0.2, 0) is 16.6 Å². The number of carbonyl (C=O) groups is 2. The van der Waals surface area contributed by atoms with Crippen LogP contribution in [0.25, 0.3) is 0 Å². The van der Waals surface area contributed by atoms with Crippen molar-refractivity contribution in [1.29, 1.82) is 0 Å². The quantitative estimate of drug-likeness (QED) is 0.796. The summed E-state index contributed by atoms with van der Waals surface area (Å²) in [6.07, 6.45) is 3.08. The van der Waals surface area contributed by atoms with Crippen molar-refractivity contribution in [2.24, 2.45) is 12.5 Å². The lowest BCUT2D eigenvalue weighted by Gasteiger charge is -2.17. The van der Waals surface area contributed by atoms with Crippen LogP contribution < -0.4 is 5.32 Å². The minimum absolute atomic E-state index is 0.0722. The zero-order valence-electron chi connectivity index (χ0n) is 9.52. The van der Waals surface area contributed by atoms with E-state index in [1.807, 2.05) is 0 Å². The van der Waals surface area contributed by atoms with Gasteiger partial charge in [-0.25, -0.2) is 0 Å². The van der Waals surface area contributed by atoms with Gasteiger partial charge in [-0.1, -0.05) is 0 Å². The molecule has 1 heterocycles. The maximum Gasteiger partial charge on any atom is 0.309 e. The van der Waals surface area contributed by atoms with Gasteiger partial charge in [0.25, 0.3) is 0 Å². The van der Waals surface area contributed by atoms with Gasteiger partial charge in [-0.15, -0.1) is 0 Å². The van der Waals surface area contributed by atoms with Gasteiger partial charge in [0, 0.05) is 19.7 Å². The Morgan fingerprint density at radius 2 is 2.19 bits per heavy atom. The van der Waals surface area contributed by atoms with Gasteiger partial charge in [-0.3, -0.25) is 14.3 Å². The normalized spacial score (nSPS) is 11.2. The molecule has 0 radical (unpaired) electrons. The zero-order chi connectivity index (χ0) is 12.3. The molecule has 0 bridgehead atoms. The van der Waals surface area contributed by atoms with E-state index in [2.05, 4.69) is 10.4 Å². The average molecular weight is 225 g/mol. The van der Waals surface area contributed by atoms with Crippen molar-refractivity contribution < 1.29 is 14.7 Å². The van der Waals surface area contributed by atoms with Crippen LogP contribution in [0.4, 0.5) is 5.69 Å². The smallest absolute Gasteiger partial charge is 0.309 e. The maximum absolute atomic E-state index is 11.5. The molecule has 0 saturated heterocycles. The number of hydrogen-bond donors (Lipinski definition) is 2. The molecule has 0 saturated carbocycles. The van der Waals surface area contributed by atoms with Gasteiger partial charge in [0.2, 0.25) is 5.91 Å². The lowest BCUT2D eigenvalue weighted by molar-refractivity contribution is -0.148. The van der Waals surface area contributed by atoms with Crippen LogP contribution in [0.3, 0.4) is 0 Å². The van der Waals surface area contributed by atoms with Crippen LogP contribution in [0.15, 0.2) is 12.4 Å². The lowest BCUT2D eigenvalue weighted by Crippen LogP contribution is -2.29. The van der Waals surface area contributed by atoms with Crippen LogP contribution in [-0.4, -0.2) is 26.8 Å². The summed E-state index contributed by atoms with van der Waals surface area (Å²) >= 11 is 0. The predicted octanol–water partition coefficient (Wildman–Crippen LogP) is 0.859. The summed E-state index contributed by atoms with van der Waals surface area (Å²) in [4.78, 5) is 22.3. The third-order valence-corrected chi connectivity index (χ3v) is 2.17. The Morgan fingerprint density at radius 3 is 2.62 bits per heavy atom. The topological polar surface area (TPSA) is 84.2 Å². The Kier molecular flexibility index (Phi) is 3.31. The molecule has 0 spiro atoms. The fourth-order valence-corrected chi connectivity index (χ4v) is 1.17. The fourth-order valence-electron chi connectivity index (χ4n) is 1.17. The number of hydrogen-bond acceptors (Lipinski definition) is 3. The van der Waals surface area contributed by atoms with E-state index in [9.17, 15) is 9.59 Å². The lowest BCUT2D eigenvalue weighted by atomic mass is 9.89. The van der Waals surface area contributed by atoms with Crippen LogP contribution >= 0.6 is 0 Å². The summed E-state index contributed by atoms with van der Waals surface area (Å²) in [5.41, 5.74) is -0.500. The number of aromatic nitrogens is 2. The number of anilines is 1. The van der Waals surface area contributed by atoms with Crippen LogP contribution in [0.2, 0.25) is 0 Å². The molecular weight excluding hydrogens is 210 g/mol. The number of rotatable bonds is 4. The Balaban J connectivity index is 2.58. The van der Waals surface area contributed by atoms with Crippen molar-refractivity contribution in [3.63, 3.8) is 0 Å². The number of aryl methyl sites for hydroxylation is 1. The van der Waals surface area contributed by atoms with Crippen molar-refractivity contribution in [2.45, 2.75) is 20.3 Å². The summed E-state index contributed by atoms with van der Waals surface area (Å²) in [7, 11) is 1.73. The molecule has 0 aliphatic heterocycles. The van der Waals surface area contributed by atoms with Crippen LogP contribution in [0, 0.1) is 5.41 Å². The van der Waals surface area contributed by atoms with Crippen molar-refractivity contribution in [2.75, 3.05) is 5.32 Å². The number of nitrogens with one attached hydrogen (secondary N) is 1. The molecule has 2 N–H and O–H groups in total. The molecule has 16 heavy (non-hydrogen) atoms. The van der Waals surface area contributed by atoms with E-state index in [0.29, 0.717) is 5.69 Å². The molecule has 6 nitrogen and oxygen atoms in total. The highest BCUT2D eigenvalue weighted by Gasteiger charge is 2.30. The minimum Gasteiger partial charge on any atom is -0.481 e. The second-order valence-electron chi connectivity index (χ2n) is 4.32. The molecular formula is C10H15N3O3. The van der Waals surface area contributed by atoms with Crippen LogP contribution in [0.5, 0.6) is 0 Å². The summed E-state index contributed by atoms with van der Waals surface area (Å²) in [5, 5.41) is 15.3. The van der Waals surface area contributed by atoms with Gasteiger partial charge in [-0.05, 0) is 13.8 Å². The van der Waals surface area contributed by atoms with E-state index >= 15 is 0 Å². The standard InChI is InChI=1S/C10H15N3O3/c1-10(2,9(15)16)4-8(14)12-7-5-11-13(3)6-7/h5-6H,4H2,1-3H3,(H,12,14)(H,15,16). The van der Waals surface area contributed by atoms with Gasteiger partial charge in [0.1, 0.15) is 0 Å². The molecule has 0 aliphatic carbocycles. The highest BCUT2D eigenvalue weighted by atomic mass is 16.4. The Labute approximate surface area is 93.3 Å². The molecule has 1 rings (SSSR count). The van der Waals surface area contributed by atoms with Gasteiger partial charge in [0.05, 0.1) is 17.3 Å². The van der Waals surface area contributed by atoms with Crippen molar-refractivity contribution in [3.05, 3.63) is 12.4 Å². The molecule has 0 unspecified atom stereocenters. The van der Waals surface area contributed by atoms with E-state index in [4.69, 9.17) is 5.11 Å². The number of carbonyl (C=O) groups excluding carboxylic acids is 1. The number of amides is 1. The summed E-state index contributed by atoms with van der Waals surface area (Å²) in [6, 6.07) is 0. The van der Waals surface area contributed by atoms with E-state index < -0.39 is 11.4 Å². The van der Waals surface area contributed by atoms with E-state index in [-0.39, 0.29) is 12.3 Å². The summed E-state index contributed by atoms with van der Waals surface area (Å²) in [5.74, 6) is -1.32. The predicted molar refractivity (Wildman–Crippen MR) is 57.9 cm³/mol. The first-order valence-electron chi connectivity index (χ1n) is 4.83. The minimum atomic E-state index is -1.06. The SMILES string of the molecule is Cn1cc(NC(=O)CC(C)(C)C(=O)O)cn1. The van der Waals surface area contributed by atoms with E-state index in [1.165, 1.54) is 20.0 Å². The second-order valence-corrected chi connectivity index (χ2v) is 4.32. The molecule has 1 aromatic heterocycles. The van der Waals surface area contributed by atoms with Gasteiger partial charge < -0.3 is 10.4 Å². The molecule has 0 atom stereocenters. The first-order chi connectivity index (χ1) is 7.31. The number of carboxylic acid groups (broad SMARTS) is 1. The molecule has 6 heteroatoms.